The average Bonchev–Trinajstić information content (AvgIpc) is 3.60. The molecule has 1 saturated carbocycles. The van der Waals surface area contributed by atoms with Crippen molar-refractivity contribution >= 4 is 40.2 Å². The first-order chi connectivity index (χ1) is 15.9. The molecule has 1 aliphatic carbocycles. The number of para-hydroxylation sites is 1. The van der Waals surface area contributed by atoms with Crippen molar-refractivity contribution < 1.29 is 14.3 Å². The zero-order valence-electron chi connectivity index (χ0n) is 17.9. The van der Waals surface area contributed by atoms with E-state index in [2.05, 4.69) is 15.3 Å². The summed E-state index contributed by atoms with van der Waals surface area (Å²) >= 11 is 1.09. The predicted molar refractivity (Wildman–Crippen MR) is 125 cm³/mol. The van der Waals surface area contributed by atoms with E-state index in [4.69, 9.17) is 10.5 Å². The van der Waals surface area contributed by atoms with Crippen molar-refractivity contribution in [1.29, 1.82) is 0 Å². The smallest absolute Gasteiger partial charge is 0.330 e. The van der Waals surface area contributed by atoms with Crippen molar-refractivity contribution in [3.63, 3.8) is 0 Å². The number of nitrogens with two attached hydrogens (primary N) is 1. The number of nitrogen functional groups attached to an aromatic ring is 1. The second kappa shape index (κ2) is 9.59. The van der Waals surface area contributed by atoms with Gasteiger partial charge in [-0.2, -0.15) is 0 Å². The number of ether oxygens (including phenoxy) is 1. The molecule has 0 unspecified atom stereocenters. The van der Waals surface area contributed by atoms with Crippen LogP contribution in [-0.4, -0.2) is 51.7 Å². The van der Waals surface area contributed by atoms with Gasteiger partial charge in [-0.15, -0.1) is 0 Å². The van der Waals surface area contributed by atoms with Gasteiger partial charge in [0, 0.05) is 18.5 Å². The Kier molecular flexibility index (Phi) is 6.61. The van der Waals surface area contributed by atoms with Crippen LogP contribution in [0.15, 0.2) is 44.9 Å². The Bertz CT molecular complexity index is 1350. The predicted octanol–water partition coefficient (Wildman–Crippen LogP) is 1.18. The highest BCUT2D eigenvalue weighted by Crippen LogP contribution is 2.26. The van der Waals surface area contributed by atoms with E-state index in [9.17, 15) is 19.2 Å². The summed E-state index contributed by atoms with van der Waals surface area (Å²) in [6, 6.07) is 9.12. The lowest BCUT2D eigenvalue weighted by Crippen LogP contribution is -2.37. The van der Waals surface area contributed by atoms with Gasteiger partial charge in [0.15, 0.2) is 5.78 Å². The normalized spacial score (nSPS) is 13.2. The standard InChI is InChI=1S/C22H23N5O5S/c1-32-9-8-27-19(23)18(21(30)26-22(27)31)16(28)11-33-17-10-14(20(29)24-12-6-7-12)13-4-2-3-5-15(13)25-17/h2-5,10,12H,6-9,11,23H2,1H3,(H,24,29)(H,26,30,31). The van der Waals surface area contributed by atoms with E-state index in [1.807, 2.05) is 18.2 Å². The number of thioether (sulfide) groups is 1. The molecule has 11 heteroatoms. The highest BCUT2D eigenvalue weighted by Gasteiger charge is 2.25. The van der Waals surface area contributed by atoms with Gasteiger partial charge in [0.2, 0.25) is 0 Å². The van der Waals surface area contributed by atoms with Crippen molar-refractivity contribution in [3.05, 3.63) is 62.3 Å². The van der Waals surface area contributed by atoms with Crippen LogP contribution in [0.2, 0.25) is 0 Å². The number of Topliss-reactive ketones (excluding diaryl/α,β-unsaturated/α-hetero) is 1. The number of nitrogens with one attached hydrogen (secondary N) is 2. The number of carbonyl (C=O) groups is 2. The summed E-state index contributed by atoms with van der Waals surface area (Å²) < 4.78 is 6.04. The fourth-order valence-electron chi connectivity index (χ4n) is 3.38. The van der Waals surface area contributed by atoms with Crippen LogP contribution in [0, 0.1) is 0 Å². The minimum absolute atomic E-state index is 0.0943. The summed E-state index contributed by atoms with van der Waals surface area (Å²) in [4.78, 5) is 56.6. The van der Waals surface area contributed by atoms with Gasteiger partial charge >= 0.3 is 5.69 Å². The van der Waals surface area contributed by atoms with Crippen LogP contribution in [0.25, 0.3) is 10.9 Å². The minimum atomic E-state index is -0.840. The number of aromatic nitrogens is 3. The molecule has 33 heavy (non-hydrogen) atoms. The molecule has 2 aromatic heterocycles. The zero-order valence-corrected chi connectivity index (χ0v) is 18.7. The Morgan fingerprint density at radius 3 is 2.79 bits per heavy atom. The molecule has 2 heterocycles. The average molecular weight is 470 g/mol. The number of methoxy groups -OCH3 is 1. The van der Waals surface area contributed by atoms with E-state index in [-0.39, 0.29) is 42.2 Å². The first-order valence-corrected chi connectivity index (χ1v) is 11.4. The van der Waals surface area contributed by atoms with Crippen molar-refractivity contribution in [2.75, 3.05) is 25.2 Å². The Hall–Kier alpha value is -3.44. The SMILES string of the molecule is COCCn1c(N)c(C(=O)CSc2cc(C(=O)NC3CC3)c3ccccc3n2)c(=O)[nH]c1=O. The third kappa shape index (κ3) is 4.99. The molecule has 0 saturated heterocycles. The maximum Gasteiger partial charge on any atom is 0.330 e. The molecule has 0 spiro atoms. The van der Waals surface area contributed by atoms with E-state index < -0.39 is 17.0 Å². The summed E-state index contributed by atoms with van der Waals surface area (Å²) in [5, 5.41) is 4.16. The van der Waals surface area contributed by atoms with Gasteiger partial charge in [-0.1, -0.05) is 30.0 Å². The minimum Gasteiger partial charge on any atom is -0.384 e. The van der Waals surface area contributed by atoms with Gasteiger partial charge in [0.05, 0.1) is 35.0 Å². The Morgan fingerprint density at radius 2 is 2.06 bits per heavy atom. The van der Waals surface area contributed by atoms with Crippen LogP contribution in [-0.2, 0) is 11.3 Å². The van der Waals surface area contributed by atoms with E-state index >= 15 is 0 Å². The highest BCUT2D eigenvalue weighted by molar-refractivity contribution is 7.99. The van der Waals surface area contributed by atoms with Crippen LogP contribution < -0.4 is 22.3 Å². The number of fused-ring (bicyclic) bond motifs is 1. The van der Waals surface area contributed by atoms with Crippen LogP contribution >= 0.6 is 11.8 Å². The Morgan fingerprint density at radius 1 is 1.30 bits per heavy atom. The monoisotopic (exact) mass is 469 g/mol. The molecule has 172 valence electrons. The number of H-pyrrole nitrogens is 1. The first-order valence-electron chi connectivity index (χ1n) is 10.4. The number of carbonyl (C=O) groups excluding carboxylic acids is 2. The van der Waals surface area contributed by atoms with Gasteiger partial charge in [0.1, 0.15) is 11.4 Å². The van der Waals surface area contributed by atoms with E-state index in [0.29, 0.717) is 16.1 Å². The number of amides is 1. The van der Waals surface area contributed by atoms with E-state index in [1.54, 1.807) is 12.1 Å². The summed E-state index contributed by atoms with van der Waals surface area (Å²) in [5.41, 5.74) is 5.25. The molecule has 0 aliphatic heterocycles. The van der Waals surface area contributed by atoms with Crippen LogP contribution in [0.4, 0.5) is 5.82 Å². The third-order valence-corrected chi connectivity index (χ3v) is 6.15. The number of aromatic amines is 1. The topological polar surface area (TPSA) is 149 Å². The Balaban J connectivity index is 1.60. The second-order valence-corrected chi connectivity index (χ2v) is 8.64. The molecule has 0 bridgehead atoms. The number of rotatable bonds is 9. The molecule has 1 fully saturated rings. The van der Waals surface area contributed by atoms with Crippen LogP contribution in [0.3, 0.4) is 0 Å². The van der Waals surface area contributed by atoms with Crippen LogP contribution in [0.5, 0.6) is 0 Å². The summed E-state index contributed by atoms with van der Waals surface area (Å²) in [5.74, 6) is -1.09. The fraction of sp³-hybridized carbons (Fsp3) is 0.318. The van der Waals surface area contributed by atoms with E-state index in [0.717, 1.165) is 34.6 Å². The van der Waals surface area contributed by atoms with Gasteiger partial charge in [0.25, 0.3) is 11.5 Å². The second-order valence-electron chi connectivity index (χ2n) is 7.65. The zero-order chi connectivity index (χ0) is 23.5. The highest BCUT2D eigenvalue weighted by atomic mass is 32.2. The van der Waals surface area contributed by atoms with Gasteiger partial charge in [-0.25, -0.2) is 9.78 Å². The number of nitrogens with zero attached hydrogens (tertiary/aromatic N) is 2. The van der Waals surface area contributed by atoms with Gasteiger partial charge in [-0.05, 0) is 25.0 Å². The van der Waals surface area contributed by atoms with Crippen molar-refractivity contribution in [1.82, 2.24) is 19.9 Å². The molecule has 0 atom stereocenters. The molecule has 1 amide bonds. The number of benzene rings is 1. The summed E-state index contributed by atoms with van der Waals surface area (Å²) in [6.45, 7) is 0.280. The largest absolute Gasteiger partial charge is 0.384 e. The quantitative estimate of drug-likeness (QED) is 0.312. The Labute approximate surface area is 192 Å². The lowest BCUT2D eigenvalue weighted by atomic mass is 10.1. The van der Waals surface area contributed by atoms with Gasteiger partial charge in [-0.3, -0.25) is 23.9 Å². The molecule has 1 aromatic carbocycles. The number of ketones is 1. The molecule has 10 nitrogen and oxygen atoms in total. The van der Waals surface area contributed by atoms with Crippen molar-refractivity contribution in [2.24, 2.45) is 0 Å². The number of hydrogen-bond donors (Lipinski definition) is 3. The third-order valence-electron chi connectivity index (χ3n) is 5.24. The molecule has 4 rings (SSSR count). The van der Waals surface area contributed by atoms with E-state index in [1.165, 1.54) is 7.11 Å². The lowest BCUT2D eigenvalue weighted by Gasteiger charge is -2.12. The first kappa shape index (κ1) is 22.7. The van der Waals surface area contributed by atoms with Gasteiger partial charge < -0.3 is 15.8 Å². The maximum absolute atomic E-state index is 12.9. The molecule has 1 aliphatic rings. The fourth-order valence-corrected chi connectivity index (χ4v) is 4.16. The molecule has 3 aromatic rings. The summed E-state index contributed by atoms with van der Waals surface area (Å²) in [6.07, 6.45) is 1.93. The molecular weight excluding hydrogens is 446 g/mol. The van der Waals surface area contributed by atoms with Crippen molar-refractivity contribution in [2.45, 2.75) is 30.5 Å². The van der Waals surface area contributed by atoms with Crippen LogP contribution in [0.1, 0.15) is 33.6 Å². The molecular formula is C22H23N5O5S. The number of hydrogen-bond acceptors (Lipinski definition) is 8. The maximum atomic E-state index is 12.9. The van der Waals surface area contributed by atoms with Crippen molar-refractivity contribution in [3.8, 4) is 0 Å². The molecule has 0 radical (unpaired) electrons. The lowest BCUT2D eigenvalue weighted by molar-refractivity contribution is 0.0951. The molecule has 4 N–H and O–H groups in total. The number of anilines is 1. The summed E-state index contributed by atoms with van der Waals surface area (Å²) in [7, 11) is 1.46. The number of pyridine rings is 1.